The molecule has 2 aromatic carbocycles. The minimum Gasteiger partial charge on any atom is -0.492 e. The topological polar surface area (TPSA) is 103 Å². The highest BCUT2D eigenvalue weighted by Crippen LogP contribution is 2.35. The van der Waals surface area contributed by atoms with E-state index in [1.54, 1.807) is 54.3 Å². The largest absolute Gasteiger partial charge is 0.492 e. The van der Waals surface area contributed by atoms with Gasteiger partial charge in [0.25, 0.3) is 0 Å². The van der Waals surface area contributed by atoms with Gasteiger partial charge in [-0.2, -0.15) is 5.26 Å². The fourth-order valence-electron chi connectivity index (χ4n) is 3.05. The van der Waals surface area contributed by atoms with Crippen LogP contribution >= 0.6 is 0 Å². The quantitative estimate of drug-likeness (QED) is 0.706. The van der Waals surface area contributed by atoms with Gasteiger partial charge in [-0.3, -0.25) is 4.79 Å². The number of aliphatic carboxylic acids is 1. The standard InChI is InChI=1S/C22H25N3O4/c1-5-25(15(3)26)19-13-17(9-12-20(19)29-6-2)22(4,21(27)28)24-18-10-7-16(14-23)8-11-18/h7-13,24H,5-6H2,1-4H3,(H,27,28). The summed E-state index contributed by atoms with van der Waals surface area (Å²) in [5, 5.41) is 22.0. The lowest BCUT2D eigenvalue weighted by molar-refractivity contribution is -0.142. The number of hydrogen-bond donors (Lipinski definition) is 2. The summed E-state index contributed by atoms with van der Waals surface area (Å²) < 4.78 is 5.65. The highest BCUT2D eigenvalue weighted by atomic mass is 16.5. The molecule has 1 atom stereocenters. The van der Waals surface area contributed by atoms with Crippen molar-refractivity contribution in [2.45, 2.75) is 33.2 Å². The van der Waals surface area contributed by atoms with E-state index >= 15 is 0 Å². The molecule has 0 aliphatic carbocycles. The fourth-order valence-corrected chi connectivity index (χ4v) is 3.05. The Balaban J connectivity index is 2.55. The highest BCUT2D eigenvalue weighted by molar-refractivity contribution is 5.94. The predicted molar refractivity (Wildman–Crippen MR) is 111 cm³/mol. The summed E-state index contributed by atoms with van der Waals surface area (Å²) >= 11 is 0. The van der Waals surface area contributed by atoms with Crippen molar-refractivity contribution in [3.05, 3.63) is 53.6 Å². The average Bonchev–Trinajstić information content (AvgIpc) is 2.69. The Kier molecular flexibility index (Phi) is 6.84. The van der Waals surface area contributed by atoms with E-state index in [0.717, 1.165) is 0 Å². The number of rotatable bonds is 8. The van der Waals surface area contributed by atoms with Gasteiger partial charge in [0.05, 0.1) is 23.9 Å². The molecule has 152 valence electrons. The van der Waals surface area contributed by atoms with Crippen LogP contribution in [0.5, 0.6) is 5.75 Å². The van der Waals surface area contributed by atoms with Gasteiger partial charge in [0, 0.05) is 19.2 Å². The number of anilines is 2. The van der Waals surface area contributed by atoms with Gasteiger partial charge in [-0.1, -0.05) is 6.07 Å². The molecule has 2 aromatic rings. The van der Waals surface area contributed by atoms with Crippen molar-refractivity contribution >= 4 is 23.3 Å². The Morgan fingerprint density at radius 1 is 1.21 bits per heavy atom. The second kappa shape index (κ2) is 9.11. The van der Waals surface area contributed by atoms with Crippen molar-refractivity contribution < 1.29 is 19.4 Å². The second-order valence-corrected chi connectivity index (χ2v) is 6.62. The first-order chi connectivity index (χ1) is 13.8. The van der Waals surface area contributed by atoms with Crippen LogP contribution in [0.1, 0.15) is 38.8 Å². The summed E-state index contributed by atoms with van der Waals surface area (Å²) in [4.78, 5) is 25.8. The molecule has 2 N–H and O–H groups in total. The summed E-state index contributed by atoms with van der Waals surface area (Å²) in [7, 11) is 0. The molecule has 1 amide bonds. The molecule has 7 heteroatoms. The summed E-state index contributed by atoms with van der Waals surface area (Å²) in [6, 6.07) is 13.6. The van der Waals surface area contributed by atoms with E-state index in [4.69, 9.17) is 10.00 Å². The van der Waals surface area contributed by atoms with Gasteiger partial charge in [0.1, 0.15) is 5.75 Å². The molecule has 29 heavy (non-hydrogen) atoms. The molecule has 0 aliphatic heterocycles. The maximum atomic E-state index is 12.2. The van der Waals surface area contributed by atoms with Gasteiger partial charge in [-0.15, -0.1) is 0 Å². The van der Waals surface area contributed by atoms with Crippen LogP contribution in [0.3, 0.4) is 0 Å². The van der Waals surface area contributed by atoms with E-state index in [9.17, 15) is 14.7 Å². The Bertz CT molecular complexity index is 934. The number of ether oxygens (including phenoxy) is 1. The van der Waals surface area contributed by atoms with Crippen LogP contribution < -0.4 is 15.0 Å². The zero-order valence-corrected chi connectivity index (χ0v) is 17.0. The molecule has 0 bridgehead atoms. The van der Waals surface area contributed by atoms with E-state index in [0.29, 0.717) is 41.4 Å². The lowest BCUT2D eigenvalue weighted by Crippen LogP contribution is -2.40. The molecule has 1 unspecified atom stereocenters. The van der Waals surface area contributed by atoms with Gasteiger partial charge in [-0.05, 0) is 62.7 Å². The lowest BCUT2D eigenvalue weighted by Gasteiger charge is -2.30. The molecule has 0 fully saturated rings. The SMILES string of the molecule is CCOc1ccc(C(C)(Nc2ccc(C#N)cc2)C(=O)O)cc1N(CC)C(C)=O. The molecule has 0 aliphatic rings. The number of carbonyl (C=O) groups excluding carboxylic acids is 1. The predicted octanol–water partition coefficient (Wildman–Crippen LogP) is 3.74. The monoisotopic (exact) mass is 395 g/mol. The molecule has 0 saturated carbocycles. The molecule has 0 heterocycles. The van der Waals surface area contributed by atoms with Gasteiger partial charge in [0.15, 0.2) is 5.54 Å². The van der Waals surface area contributed by atoms with Crippen molar-refractivity contribution in [1.29, 1.82) is 5.26 Å². The summed E-state index contributed by atoms with van der Waals surface area (Å²) in [5.74, 6) is -0.732. The number of nitrogens with one attached hydrogen (secondary N) is 1. The van der Waals surface area contributed by atoms with Crippen LogP contribution in [0.25, 0.3) is 0 Å². The number of benzene rings is 2. The maximum Gasteiger partial charge on any atom is 0.333 e. The number of amides is 1. The minimum absolute atomic E-state index is 0.164. The van der Waals surface area contributed by atoms with Crippen molar-refractivity contribution in [1.82, 2.24) is 0 Å². The molecular formula is C22H25N3O4. The van der Waals surface area contributed by atoms with Crippen LogP contribution in [0.4, 0.5) is 11.4 Å². The normalized spacial score (nSPS) is 12.4. The Labute approximate surface area is 170 Å². The second-order valence-electron chi connectivity index (χ2n) is 6.62. The Morgan fingerprint density at radius 2 is 1.86 bits per heavy atom. The van der Waals surface area contributed by atoms with Crippen LogP contribution in [-0.2, 0) is 15.1 Å². The molecule has 0 radical (unpaired) electrons. The number of nitrogens with zero attached hydrogens (tertiary/aromatic N) is 2. The number of hydrogen-bond acceptors (Lipinski definition) is 5. The molecule has 2 rings (SSSR count). The number of carbonyl (C=O) groups is 2. The van der Waals surface area contributed by atoms with Crippen molar-refractivity contribution in [2.24, 2.45) is 0 Å². The molecular weight excluding hydrogens is 370 g/mol. The summed E-state index contributed by atoms with van der Waals surface area (Å²) in [5.41, 5.74) is 0.560. The summed E-state index contributed by atoms with van der Waals surface area (Å²) in [6.07, 6.45) is 0. The first-order valence-electron chi connectivity index (χ1n) is 9.34. The Morgan fingerprint density at radius 3 is 2.34 bits per heavy atom. The summed E-state index contributed by atoms with van der Waals surface area (Å²) in [6.45, 7) is 7.53. The zero-order chi connectivity index (χ0) is 21.6. The first-order valence-corrected chi connectivity index (χ1v) is 9.34. The van der Waals surface area contributed by atoms with E-state index in [-0.39, 0.29) is 5.91 Å². The lowest BCUT2D eigenvalue weighted by atomic mass is 9.90. The minimum atomic E-state index is -1.47. The van der Waals surface area contributed by atoms with Gasteiger partial charge in [-0.25, -0.2) is 4.79 Å². The number of carboxylic acids is 1. The molecule has 0 spiro atoms. The van der Waals surface area contributed by atoms with E-state index in [2.05, 4.69) is 5.32 Å². The number of nitriles is 1. The average molecular weight is 395 g/mol. The Hall–Kier alpha value is -3.53. The van der Waals surface area contributed by atoms with Crippen molar-refractivity contribution in [3.8, 4) is 11.8 Å². The molecule has 0 saturated heterocycles. The maximum absolute atomic E-state index is 12.2. The van der Waals surface area contributed by atoms with Gasteiger partial charge >= 0.3 is 5.97 Å². The third-order valence-corrected chi connectivity index (χ3v) is 4.66. The molecule has 7 nitrogen and oxygen atoms in total. The van der Waals surface area contributed by atoms with Crippen molar-refractivity contribution in [3.63, 3.8) is 0 Å². The smallest absolute Gasteiger partial charge is 0.333 e. The van der Waals surface area contributed by atoms with Gasteiger partial charge in [0.2, 0.25) is 5.91 Å². The van der Waals surface area contributed by atoms with E-state index in [1.807, 2.05) is 19.9 Å². The first kappa shape index (κ1) is 21.8. The third-order valence-electron chi connectivity index (χ3n) is 4.66. The van der Waals surface area contributed by atoms with Crippen molar-refractivity contribution in [2.75, 3.05) is 23.4 Å². The van der Waals surface area contributed by atoms with Crippen LogP contribution in [0.15, 0.2) is 42.5 Å². The van der Waals surface area contributed by atoms with Crippen LogP contribution in [-0.4, -0.2) is 30.1 Å². The fraction of sp³-hybridized carbons (Fsp3) is 0.318. The van der Waals surface area contributed by atoms with E-state index < -0.39 is 11.5 Å². The van der Waals surface area contributed by atoms with Crippen LogP contribution in [0, 0.1) is 11.3 Å². The number of carboxylic acid groups (broad SMARTS) is 1. The van der Waals surface area contributed by atoms with Crippen LogP contribution in [0.2, 0.25) is 0 Å². The highest BCUT2D eigenvalue weighted by Gasteiger charge is 2.36. The zero-order valence-electron chi connectivity index (χ0n) is 17.0. The molecule has 0 aromatic heterocycles. The van der Waals surface area contributed by atoms with E-state index in [1.165, 1.54) is 6.92 Å². The third kappa shape index (κ3) is 4.66. The van der Waals surface area contributed by atoms with Gasteiger partial charge < -0.3 is 20.1 Å².